The smallest absolute Gasteiger partial charge is 0.235 e. The third-order valence-corrected chi connectivity index (χ3v) is 6.61. The van der Waals surface area contributed by atoms with E-state index in [1.54, 1.807) is 19.2 Å². The third-order valence-electron chi connectivity index (χ3n) is 6.61. The third kappa shape index (κ3) is 3.43. The first-order valence-corrected chi connectivity index (χ1v) is 10.2. The van der Waals surface area contributed by atoms with Crippen LogP contribution >= 0.6 is 0 Å². The Hall–Kier alpha value is -2.69. The summed E-state index contributed by atoms with van der Waals surface area (Å²) in [6, 6.07) is 15.3. The Labute approximate surface area is 171 Å². The number of nitrogens with one attached hydrogen (secondary N) is 1. The number of amidine groups is 1. The van der Waals surface area contributed by atoms with Crippen LogP contribution in [0, 0.1) is 11.2 Å². The zero-order valence-corrected chi connectivity index (χ0v) is 17.5. The molecule has 0 aromatic heterocycles. The van der Waals surface area contributed by atoms with Gasteiger partial charge in [0.25, 0.3) is 0 Å². The molecule has 1 aliphatic heterocycles. The molecule has 0 saturated heterocycles. The highest BCUT2D eigenvalue weighted by atomic mass is 19.1. The summed E-state index contributed by atoms with van der Waals surface area (Å²) >= 11 is 0. The molecule has 1 heterocycles. The molecular weight excluding hydrogens is 365 g/mol. The van der Waals surface area contributed by atoms with Crippen LogP contribution in [0.3, 0.4) is 0 Å². The van der Waals surface area contributed by atoms with Gasteiger partial charge in [0, 0.05) is 24.7 Å². The first-order valence-electron chi connectivity index (χ1n) is 10.2. The number of rotatable bonds is 5. The lowest BCUT2D eigenvalue weighted by atomic mass is 9.82. The van der Waals surface area contributed by atoms with E-state index in [-0.39, 0.29) is 23.2 Å². The topological polar surface area (TPSA) is 44.7 Å². The first-order chi connectivity index (χ1) is 13.7. The second-order valence-electron chi connectivity index (χ2n) is 8.91. The Morgan fingerprint density at radius 1 is 1.17 bits per heavy atom. The lowest BCUT2D eigenvalue weighted by molar-refractivity contribution is -0.137. The van der Waals surface area contributed by atoms with Crippen LogP contribution in [-0.2, 0) is 10.2 Å². The first kappa shape index (κ1) is 19.6. The molecule has 4 rings (SSSR count). The van der Waals surface area contributed by atoms with Crippen LogP contribution in [-0.4, -0.2) is 36.3 Å². The van der Waals surface area contributed by atoms with Gasteiger partial charge in [0.1, 0.15) is 11.7 Å². The fraction of sp³-hybridized carbons (Fsp3) is 0.417. The average Bonchev–Trinajstić information content (AvgIpc) is 3.51. The highest BCUT2D eigenvalue weighted by Gasteiger charge is 2.44. The van der Waals surface area contributed by atoms with Gasteiger partial charge >= 0.3 is 0 Å². The molecule has 1 amide bonds. The Balaban J connectivity index is 1.58. The van der Waals surface area contributed by atoms with E-state index >= 15 is 0 Å². The van der Waals surface area contributed by atoms with Crippen molar-refractivity contribution in [1.29, 1.82) is 0 Å². The Bertz CT molecular complexity index is 963. The second kappa shape index (κ2) is 6.97. The monoisotopic (exact) mass is 393 g/mol. The van der Waals surface area contributed by atoms with E-state index in [1.165, 1.54) is 16.5 Å². The molecular formula is C24H28FN3O. The molecule has 5 heteroatoms. The van der Waals surface area contributed by atoms with Gasteiger partial charge in [-0.3, -0.25) is 14.7 Å². The number of carbonyl (C=O) groups is 1. The summed E-state index contributed by atoms with van der Waals surface area (Å²) in [6.45, 7) is 6.46. The normalized spacial score (nSPS) is 22.2. The van der Waals surface area contributed by atoms with Crippen molar-refractivity contribution < 1.29 is 9.18 Å². The number of hydrogen-bond acceptors (Lipinski definition) is 3. The van der Waals surface area contributed by atoms with Crippen LogP contribution in [0.15, 0.2) is 53.5 Å². The van der Waals surface area contributed by atoms with Crippen molar-refractivity contribution in [2.75, 3.05) is 18.9 Å². The van der Waals surface area contributed by atoms with Crippen LogP contribution in [0.4, 0.5) is 10.1 Å². The molecule has 4 nitrogen and oxygen atoms in total. The van der Waals surface area contributed by atoms with E-state index in [0.717, 1.165) is 25.1 Å². The summed E-state index contributed by atoms with van der Waals surface area (Å²) in [5.74, 6) is -0.0222. The predicted octanol–water partition coefficient (Wildman–Crippen LogP) is 4.60. The molecule has 0 bridgehead atoms. The maximum Gasteiger partial charge on any atom is 0.235 e. The molecule has 2 aromatic carbocycles. The fourth-order valence-electron chi connectivity index (χ4n) is 3.98. The highest BCUT2D eigenvalue weighted by Crippen LogP contribution is 2.48. The molecule has 1 saturated carbocycles. The average molecular weight is 394 g/mol. The molecule has 0 spiro atoms. The fourth-order valence-corrected chi connectivity index (χ4v) is 3.98. The summed E-state index contributed by atoms with van der Waals surface area (Å²) in [7, 11) is 1.67. The summed E-state index contributed by atoms with van der Waals surface area (Å²) in [4.78, 5) is 18.9. The molecule has 1 N–H and O–H groups in total. The predicted molar refractivity (Wildman–Crippen MR) is 115 cm³/mol. The summed E-state index contributed by atoms with van der Waals surface area (Å²) in [5, 5.41) is 3.48. The number of halogens is 1. The van der Waals surface area contributed by atoms with Gasteiger partial charge in [0.15, 0.2) is 0 Å². The second-order valence-corrected chi connectivity index (χ2v) is 8.91. The van der Waals surface area contributed by atoms with E-state index in [0.29, 0.717) is 11.4 Å². The number of nitrogens with zero attached hydrogens (tertiary/aromatic N) is 2. The number of benzene rings is 2. The zero-order chi connectivity index (χ0) is 20.8. The zero-order valence-electron chi connectivity index (χ0n) is 17.5. The van der Waals surface area contributed by atoms with Crippen molar-refractivity contribution in [2.45, 2.75) is 45.1 Å². The van der Waals surface area contributed by atoms with E-state index < -0.39 is 5.41 Å². The molecule has 1 aliphatic carbocycles. The van der Waals surface area contributed by atoms with E-state index in [4.69, 9.17) is 0 Å². The molecule has 152 valence electrons. The lowest BCUT2D eigenvalue weighted by Crippen LogP contribution is -2.51. The van der Waals surface area contributed by atoms with Crippen LogP contribution in [0.1, 0.15) is 44.7 Å². The molecule has 0 radical (unpaired) electrons. The minimum absolute atomic E-state index is 0.0474. The lowest BCUT2D eigenvalue weighted by Gasteiger charge is -2.38. The van der Waals surface area contributed by atoms with Crippen molar-refractivity contribution in [3.8, 4) is 0 Å². The molecule has 2 aromatic rings. The van der Waals surface area contributed by atoms with Crippen LogP contribution in [0.25, 0.3) is 0 Å². The minimum atomic E-state index is -0.599. The van der Waals surface area contributed by atoms with Gasteiger partial charge in [-0.05, 0) is 57.4 Å². The number of aliphatic imine (C=N–C) groups is 1. The molecule has 1 unspecified atom stereocenters. The van der Waals surface area contributed by atoms with Gasteiger partial charge in [0.2, 0.25) is 5.91 Å². The van der Waals surface area contributed by atoms with Crippen LogP contribution in [0.5, 0.6) is 0 Å². The summed E-state index contributed by atoms with van der Waals surface area (Å²) < 4.78 is 14.7. The van der Waals surface area contributed by atoms with E-state index in [2.05, 4.69) is 34.6 Å². The van der Waals surface area contributed by atoms with Crippen molar-refractivity contribution in [1.82, 2.24) is 4.90 Å². The van der Waals surface area contributed by atoms with E-state index in [1.807, 2.05) is 26.8 Å². The van der Waals surface area contributed by atoms with Crippen molar-refractivity contribution in [3.05, 3.63) is 65.5 Å². The Morgan fingerprint density at radius 3 is 2.52 bits per heavy atom. The van der Waals surface area contributed by atoms with Crippen LogP contribution in [0.2, 0.25) is 0 Å². The van der Waals surface area contributed by atoms with Gasteiger partial charge in [-0.1, -0.05) is 30.3 Å². The molecule has 2 aliphatic rings. The Kier molecular flexibility index (Phi) is 4.72. The van der Waals surface area contributed by atoms with Crippen molar-refractivity contribution >= 4 is 17.4 Å². The van der Waals surface area contributed by atoms with Gasteiger partial charge in [-0.25, -0.2) is 4.39 Å². The largest absolute Gasteiger partial charge is 0.384 e. The number of hydrogen-bond donors (Lipinski definition) is 1. The quantitative estimate of drug-likeness (QED) is 0.807. The Morgan fingerprint density at radius 2 is 1.86 bits per heavy atom. The number of anilines is 1. The summed E-state index contributed by atoms with van der Waals surface area (Å²) in [6.07, 6.45) is 2.29. The molecule has 1 fully saturated rings. The van der Waals surface area contributed by atoms with Gasteiger partial charge in [-0.2, -0.15) is 0 Å². The molecule has 29 heavy (non-hydrogen) atoms. The van der Waals surface area contributed by atoms with Gasteiger partial charge in [0.05, 0.1) is 17.0 Å². The maximum atomic E-state index is 14.7. The van der Waals surface area contributed by atoms with E-state index in [9.17, 15) is 9.18 Å². The van der Waals surface area contributed by atoms with Crippen molar-refractivity contribution in [3.63, 3.8) is 0 Å². The standard InChI is InChI=1S/C24H28FN3O/c1-16-23(2,3)22(29)28(4)21(27-16)19-14-18(10-11-20(19)25)26-15-24(12-13-24)17-8-6-5-7-9-17/h5-11,14,16,26H,12-13,15H2,1-4H3. The SMILES string of the molecule is CC1N=C(c2cc(NCC3(c4ccccc4)CC3)ccc2F)N(C)C(=O)C1(C)C. The minimum Gasteiger partial charge on any atom is -0.384 e. The molecule has 1 atom stereocenters. The van der Waals surface area contributed by atoms with Crippen molar-refractivity contribution in [2.24, 2.45) is 10.4 Å². The maximum absolute atomic E-state index is 14.7. The summed E-state index contributed by atoms with van der Waals surface area (Å²) in [5.41, 5.74) is 2.09. The number of amides is 1. The van der Waals surface area contributed by atoms with Gasteiger partial charge in [-0.15, -0.1) is 0 Å². The van der Waals surface area contributed by atoms with Gasteiger partial charge < -0.3 is 5.32 Å². The number of carbonyl (C=O) groups excluding carboxylic acids is 1. The van der Waals surface area contributed by atoms with Crippen LogP contribution < -0.4 is 5.32 Å². The highest BCUT2D eigenvalue weighted by molar-refractivity contribution is 6.11.